The number of aromatic nitrogens is 2. The maximum Gasteiger partial charge on any atom is 0.316 e. The summed E-state index contributed by atoms with van der Waals surface area (Å²) in [4.78, 5) is 15.7. The van der Waals surface area contributed by atoms with E-state index >= 15 is 0 Å². The van der Waals surface area contributed by atoms with Crippen LogP contribution in [-0.2, 0) is 11.3 Å². The molecule has 0 radical (unpaired) electrons. The number of urea groups is 1. The predicted octanol–water partition coefficient (Wildman–Crippen LogP) is 1.18. The van der Waals surface area contributed by atoms with E-state index in [0.29, 0.717) is 30.5 Å². The van der Waals surface area contributed by atoms with E-state index in [4.69, 9.17) is 4.74 Å². The normalized spacial score (nSPS) is 26.8. The highest BCUT2D eigenvalue weighted by Gasteiger charge is 2.43. The van der Waals surface area contributed by atoms with Gasteiger partial charge in [0.05, 0.1) is 18.9 Å². The molecule has 0 bridgehead atoms. The van der Waals surface area contributed by atoms with E-state index < -0.39 is 0 Å². The predicted molar refractivity (Wildman–Crippen MR) is 91.7 cm³/mol. The van der Waals surface area contributed by atoms with Crippen LogP contribution in [0.1, 0.15) is 25.5 Å². The van der Waals surface area contributed by atoms with Crippen LogP contribution in [0.3, 0.4) is 0 Å². The molecule has 2 amide bonds. The summed E-state index contributed by atoms with van der Waals surface area (Å²) in [5.41, 5.74) is 1.25. The summed E-state index contributed by atoms with van der Waals surface area (Å²) in [7, 11) is 3.52. The summed E-state index contributed by atoms with van der Waals surface area (Å²) >= 11 is 0. The van der Waals surface area contributed by atoms with Gasteiger partial charge in [0.25, 0.3) is 0 Å². The van der Waals surface area contributed by atoms with Gasteiger partial charge in [-0.1, -0.05) is 0 Å². The molecule has 0 aromatic carbocycles. The molecule has 24 heavy (non-hydrogen) atoms. The Labute approximate surface area is 143 Å². The van der Waals surface area contributed by atoms with Crippen LogP contribution in [0, 0.1) is 11.8 Å². The Bertz CT molecular complexity index is 571. The molecular formula is C17H29N5O2. The largest absolute Gasteiger partial charge is 0.376 e. The van der Waals surface area contributed by atoms with Gasteiger partial charge in [-0.3, -0.25) is 9.58 Å². The lowest BCUT2D eigenvalue weighted by atomic mass is 9.93. The van der Waals surface area contributed by atoms with Crippen molar-refractivity contribution in [2.45, 2.75) is 32.5 Å². The summed E-state index contributed by atoms with van der Waals surface area (Å²) < 4.78 is 7.97. The van der Waals surface area contributed by atoms with Crippen LogP contribution in [0.15, 0.2) is 12.4 Å². The molecule has 3 rings (SSSR count). The summed E-state index contributed by atoms with van der Waals surface area (Å²) in [6.45, 7) is 8.63. The van der Waals surface area contributed by atoms with Gasteiger partial charge in [-0.2, -0.15) is 5.10 Å². The van der Waals surface area contributed by atoms with Gasteiger partial charge >= 0.3 is 6.03 Å². The maximum atomic E-state index is 11.7. The zero-order valence-corrected chi connectivity index (χ0v) is 15.1. The van der Waals surface area contributed by atoms with E-state index in [-0.39, 0.29) is 6.03 Å². The van der Waals surface area contributed by atoms with E-state index in [1.807, 2.05) is 10.9 Å². The van der Waals surface area contributed by atoms with Gasteiger partial charge in [0, 0.05) is 69.9 Å². The third-order valence-electron chi connectivity index (χ3n) is 5.03. The minimum Gasteiger partial charge on any atom is -0.376 e. The quantitative estimate of drug-likeness (QED) is 0.878. The Kier molecular flexibility index (Phi) is 5.10. The summed E-state index contributed by atoms with van der Waals surface area (Å²) in [6, 6.07) is 0.360. The number of carbonyl (C=O) groups excluding carboxylic acids is 1. The summed E-state index contributed by atoms with van der Waals surface area (Å²) in [5.74, 6) is 0.912. The molecule has 3 heterocycles. The molecule has 134 valence electrons. The molecule has 7 nitrogen and oxygen atoms in total. The van der Waals surface area contributed by atoms with Crippen molar-refractivity contribution in [2.75, 3.05) is 40.3 Å². The number of rotatable bonds is 5. The Morgan fingerprint density at radius 2 is 2.25 bits per heavy atom. The lowest BCUT2D eigenvalue weighted by Crippen LogP contribution is -2.39. The second-order valence-corrected chi connectivity index (χ2v) is 7.49. The van der Waals surface area contributed by atoms with Crippen LogP contribution >= 0.6 is 0 Å². The zero-order valence-electron chi connectivity index (χ0n) is 15.1. The Morgan fingerprint density at radius 1 is 1.46 bits per heavy atom. The molecule has 0 unspecified atom stereocenters. The van der Waals surface area contributed by atoms with Gasteiger partial charge < -0.3 is 15.0 Å². The molecule has 1 aromatic rings. The third-order valence-corrected chi connectivity index (χ3v) is 5.03. The number of fused-ring (bicyclic) bond motifs is 1. The SMILES string of the molecule is CC(C)n1cc(CN2C[C@@H]3[C@@H](CNC(=O)N(C)C)CO[C@@H]3C2)cn1. The molecule has 1 N–H and O–H groups in total. The van der Waals surface area contributed by atoms with Gasteiger partial charge in [0.1, 0.15) is 0 Å². The van der Waals surface area contributed by atoms with E-state index in [1.165, 1.54) is 5.56 Å². The molecule has 3 atom stereocenters. The van der Waals surface area contributed by atoms with Crippen LogP contribution in [0.2, 0.25) is 0 Å². The van der Waals surface area contributed by atoms with Crippen LogP contribution in [-0.4, -0.2) is 72.1 Å². The van der Waals surface area contributed by atoms with Crippen LogP contribution < -0.4 is 5.32 Å². The summed E-state index contributed by atoms with van der Waals surface area (Å²) in [5, 5.41) is 7.41. The van der Waals surface area contributed by atoms with Gasteiger partial charge in [0.15, 0.2) is 0 Å². The average molecular weight is 335 g/mol. The van der Waals surface area contributed by atoms with Crippen molar-refractivity contribution in [3.63, 3.8) is 0 Å². The second kappa shape index (κ2) is 7.11. The fraction of sp³-hybridized carbons (Fsp3) is 0.765. The Balaban J connectivity index is 1.51. The highest BCUT2D eigenvalue weighted by molar-refractivity contribution is 5.73. The molecule has 1 aromatic heterocycles. The molecule has 0 saturated carbocycles. The molecule has 7 heteroatoms. The number of carbonyl (C=O) groups is 1. The van der Waals surface area contributed by atoms with Crippen molar-refractivity contribution in [3.8, 4) is 0 Å². The van der Waals surface area contributed by atoms with Crippen LogP contribution in [0.5, 0.6) is 0 Å². The topological polar surface area (TPSA) is 62.6 Å². The highest BCUT2D eigenvalue weighted by atomic mass is 16.5. The first-order chi connectivity index (χ1) is 11.4. The van der Waals surface area contributed by atoms with Crippen molar-refractivity contribution >= 4 is 6.03 Å². The Morgan fingerprint density at radius 3 is 2.92 bits per heavy atom. The smallest absolute Gasteiger partial charge is 0.316 e. The van der Waals surface area contributed by atoms with E-state index in [2.05, 4.69) is 35.4 Å². The number of hydrogen-bond donors (Lipinski definition) is 1. The van der Waals surface area contributed by atoms with E-state index in [0.717, 1.165) is 26.2 Å². The van der Waals surface area contributed by atoms with Crippen molar-refractivity contribution in [2.24, 2.45) is 11.8 Å². The number of nitrogens with one attached hydrogen (secondary N) is 1. The second-order valence-electron chi connectivity index (χ2n) is 7.49. The number of nitrogens with zero attached hydrogens (tertiary/aromatic N) is 4. The number of amides is 2. The first-order valence-electron chi connectivity index (χ1n) is 8.76. The van der Waals surface area contributed by atoms with Gasteiger partial charge in [-0.25, -0.2) is 4.79 Å². The lowest BCUT2D eigenvalue weighted by Gasteiger charge is -2.20. The molecule has 2 fully saturated rings. The van der Waals surface area contributed by atoms with Gasteiger partial charge in [-0.15, -0.1) is 0 Å². The summed E-state index contributed by atoms with van der Waals surface area (Å²) in [6.07, 6.45) is 4.39. The van der Waals surface area contributed by atoms with Crippen molar-refractivity contribution < 1.29 is 9.53 Å². The maximum absolute atomic E-state index is 11.7. The molecular weight excluding hydrogens is 306 g/mol. The van der Waals surface area contributed by atoms with E-state index in [9.17, 15) is 4.79 Å². The molecule has 0 aliphatic carbocycles. The van der Waals surface area contributed by atoms with Gasteiger partial charge in [0.2, 0.25) is 0 Å². The minimum absolute atomic E-state index is 0.0330. The van der Waals surface area contributed by atoms with Crippen molar-refractivity contribution in [1.82, 2.24) is 24.9 Å². The first kappa shape index (κ1) is 17.2. The number of ether oxygens (including phenoxy) is 1. The molecule has 2 saturated heterocycles. The molecule has 0 spiro atoms. The van der Waals surface area contributed by atoms with Crippen LogP contribution in [0.4, 0.5) is 4.79 Å². The first-order valence-corrected chi connectivity index (χ1v) is 8.76. The highest BCUT2D eigenvalue weighted by Crippen LogP contribution is 2.34. The average Bonchev–Trinajstić information content (AvgIpc) is 3.21. The fourth-order valence-electron chi connectivity index (χ4n) is 3.60. The minimum atomic E-state index is -0.0330. The Hall–Kier alpha value is -1.60. The van der Waals surface area contributed by atoms with E-state index in [1.54, 1.807) is 19.0 Å². The monoisotopic (exact) mass is 335 g/mol. The van der Waals surface area contributed by atoms with Gasteiger partial charge in [-0.05, 0) is 13.8 Å². The molecule has 2 aliphatic heterocycles. The number of hydrogen-bond acceptors (Lipinski definition) is 4. The standard InChI is InChI=1S/C17H29N5O2/c1-12(2)22-8-13(5-19-22)7-21-9-15-14(11-24-16(15)10-21)6-18-17(23)20(3)4/h5,8,12,14-16H,6-7,9-11H2,1-4H3,(H,18,23)/t14-,15+,16+/m0/s1. The number of likely N-dealkylation sites (tertiary alicyclic amines) is 1. The van der Waals surface area contributed by atoms with Crippen molar-refractivity contribution in [1.29, 1.82) is 0 Å². The van der Waals surface area contributed by atoms with Crippen LogP contribution in [0.25, 0.3) is 0 Å². The lowest BCUT2D eigenvalue weighted by molar-refractivity contribution is 0.0940. The fourth-order valence-corrected chi connectivity index (χ4v) is 3.60. The zero-order chi connectivity index (χ0) is 17.3. The van der Waals surface area contributed by atoms with Crippen molar-refractivity contribution in [3.05, 3.63) is 18.0 Å². The third kappa shape index (κ3) is 3.72. The molecule has 2 aliphatic rings.